The van der Waals surface area contributed by atoms with E-state index < -0.39 is 0 Å². The van der Waals surface area contributed by atoms with Crippen LogP contribution >= 0.6 is 0 Å². The van der Waals surface area contributed by atoms with E-state index in [0.29, 0.717) is 12.1 Å². The van der Waals surface area contributed by atoms with Gasteiger partial charge in [0.05, 0.1) is 0 Å². The van der Waals surface area contributed by atoms with Crippen molar-refractivity contribution in [3.63, 3.8) is 0 Å². The third kappa shape index (κ3) is 5.06. The molecule has 0 aromatic heterocycles. The molecule has 0 aromatic carbocycles. The van der Waals surface area contributed by atoms with Crippen LogP contribution in [0.1, 0.15) is 27.2 Å². The quantitative estimate of drug-likeness (QED) is 0.480. The van der Waals surface area contributed by atoms with Gasteiger partial charge in [-0.1, -0.05) is 13.0 Å². The molecule has 0 rings (SSSR count). The first-order valence-corrected chi connectivity index (χ1v) is 5.17. The first-order chi connectivity index (χ1) is 6.13. The third-order valence-electron chi connectivity index (χ3n) is 2.71. The zero-order valence-electron chi connectivity index (χ0n) is 9.51. The number of nitrogens with one attached hydrogen (secondary N) is 1. The molecule has 1 N–H and O–H groups in total. The van der Waals surface area contributed by atoms with Gasteiger partial charge in [-0.15, -0.1) is 6.58 Å². The van der Waals surface area contributed by atoms with E-state index in [0.717, 1.165) is 13.1 Å². The van der Waals surface area contributed by atoms with Gasteiger partial charge in [0.15, 0.2) is 0 Å². The standard InChI is InChI=1S/C11H24N2/c1-6-8-12-9-11(4)13(5)10(3)7-2/h6,10-12H,1,7-9H2,2-5H3/t10?,11-/m0/s1. The van der Waals surface area contributed by atoms with Crippen molar-refractivity contribution in [3.8, 4) is 0 Å². The Morgan fingerprint density at radius 1 is 1.38 bits per heavy atom. The number of hydrogen-bond acceptors (Lipinski definition) is 2. The van der Waals surface area contributed by atoms with Crippen LogP contribution in [-0.4, -0.2) is 37.1 Å². The van der Waals surface area contributed by atoms with Gasteiger partial charge in [0, 0.05) is 25.2 Å². The molecule has 78 valence electrons. The Kier molecular flexibility index (Phi) is 6.92. The molecule has 0 aliphatic rings. The highest BCUT2D eigenvalue weighted by Crippen LogP contribution is 2.04. The maximum atomic E-state index is 3.68. The van der Waals surface area contributed by atoms with Crippen molar-refractivity contribution >= 4 is 0 Å². The lowest BCUT2D eigenvalue weighted by Gasteiger charge is -2.30. The van der Waals surface area contributed by atoms with E-state index in [4.69, 9.17) is 0 Å². The number of nitrogens with zero attached hydrogens (tertiary/aromatic N) is 1. The van der Waals surface area contributed by atoms with Gasteiger partial charge in [0.2, 0.25) is 0 Å². The summed E-state index contributed by atoms with van der Waals surface area (Å²) < 4.78 is 0. The molecule has 0 saturated heterocycles. The molecule has 0 fully saturated rings. The van der Waals surface area contributed by atoms with Gasteiger partial charge < -0.3 is 5.32 Å². The maximum absolute atomic E-state index is 3.68. The van der Waals surface area contributed by atoms with Crippen LogP contribution in [0.3, 0.4) is 0 Å². The largest absolute Gasteiger partial charge is 0.312 e. The average molecular weight is 184 g/mol. The van der Waals surface area contributed by atoms with Crippen LogP contribution in [0.4, 0.5) is 0 Å². The van der Waals surface area contributed by atoms with Crippen LogP contribution in [0, 0.1) is 0 Å². The lowest BCUT2D eigenvalue weighted by atomic mass is 10.2. The van der Waals surface area contributed by atoms with Crippen molar-refractivity contribution < 1.29 is 0 Å². The SMILES string of the molecule is C=CCNC[C@H](C)N(C)C(C)CC. The molecule has 0 radical (unpaired) electrons. The molecule has 0 aromatic rings. The van der Waals surface area contributed by atoms with Gasteiger partial charge in [-0.3, -0.25) is 4.90 Å². The Bertz CT molecular complexity index is 134. The molecule has 0 bridgehead atoms. The van der Waals surface area contributed by atoms with Crippen LogP contribution in [0.15, 0.2) is 12.7 Å². The topological polar surface area (TPSA) is 15.3 Å². The highest BCUT2D eigenvalue weighted by Gasteiger charge is 2.12. The van der Waals surface area contributed by atoms with Crippen molar-refractivity contribution in [2.75, 3.05) is 20.1 Å². The van der Waals surface area contributed by atoms with Gasteiger partial charge in [0.1, 0.15) is 0 Å². The molecular weight excluding hydrogens is 160 g/mol. The summed E-state index contributed by atoms with van der Waals surface area (Å²) in [5.41, 5.74) is 0. The lowest BCUT2D eigenvalue weighted by Crippen LogP contribution is -2.42. The summed E-state index contributed by atoms with van der Waals surface area (Å²) in [5.74, 6) is 0. The molecule has 0 aliphatic heterocycles. The fourth-order valence-electron chi connectivity index (χ4n) is 1.26. The van der Waals surface area contributed by atoms with Gasteiger partial charge in [-0.25, -0.2) is 0 Å². The van der Waals surface area contributed by atoms with Crippen LogP contribution < -0.4 is 5.32 Å². The molecule has 0 spiro atoms. The Hall–Kier alpha value is -0.340. The fourth-order valence-corrected chi connectivity index (χ4v) is 1.26. The first kappa shape index (κ1) is 12.7. The molecule has 2 nitrogen and oxygen atoms in total. The highest BCUT2D eigenvalue weighted by molar-refractivity contribution is 4.75. The first-order valence-electron chi connectivity index (χ1n) is 5.17. The third-order valence-corrected chi connectivity index (χ3v) is 2.71. The van der Waals surface area contributed by atoms with Crippen molar-refractivity contribution in [3.05, 3.63) is 12.7 Å². The smallest absolute Gasteiger partial charge is 0.0192 e. The van der Waals surface area contributed by atoms with E-state index in [2.05, 4.69) is 44.6 Å². The van der Waals surface area contributed by atoms with E-state index in [1.165, 1.54) is 6.42 Å². The molecule has 0 aliphatic carbocycles. The van der Waals surface area contributed by atoms with Crippen molar-refractivity contribution in [2.45, 2.75) is 39.3 Å². The van der Waals surface area contributed by atoms with Gasteiger partial charge >= 0.3 is 0 Å². The van der Waals surface area contributed by atoms with Crippen molar-refractivity contribution in [1.82, 2.24) is 10.2 Å². The predicted molar refractivity (Wildman–Crippen MR) is 60.0 cm³/mol. The molecule has 1 unspecified atom stereocenters. The summed E-state index contributed by atoms with van der Waals surface area (Å²) in [5, 5.41) is 3.33. The minimum Gasteiger partial charge on any atom is -0.312 e. The summed E-state index contributed by atoms with van der Waals surface area (Å²) in [4.78, 5) is 2.41. The Morgan fingerprint density at radius 3 is 2.46 bits per heavy atom. The molecule has 13 heavy (non-hydrogen) atoms. The van der Waals surface area contributed by atoms with Gasteiger partial charge in [-0.05, 0) is 27.3 Å². The Labute approximate surface area is 83.0 Å². The second-order valence-electron chi connectivity index (χ2n) is 3.72. The molecule has 0 amide bonds. The zero-order valence-corrected chi connectivity index (χ0v) is 9.51. The summed E-state index contributed by atoms with van der Waals surface area (Å²) in [6, 6.07) is 1.26. The fraction of sp³-hybridized carbons (Fsp3) is 0.818. The monoisotopic (exact) mass is 184 g/mol. The van der Waals surface area contributed by atoms with E-state index in [9.17, 15) is 0 Å². The summed E-state index contributed by atoms with van der Waals surface area (Å²) in [6.07, 6.45) is 3.11. The van der Waals surface area contributed by atoms with Crippen LogP contribution in [0.25, 0.3) is 0 Å². The summed E-state index contributed by atoms with van der Waals surface area (Å²) in [6.45, 7) is 12.4. The van der Waals surface area contributed by atoms with Crippen LogP contribution in [0.5, 0.6) is 0 Å². The van der Waals surface area contributed by atoms with Gasteiger partial charge in [-0.2, -0.15) is 0 Å². The molecule has 0 heterocycles. The maximum Gasteiger partial charge on any atom is 0.0192 e. The molecular formula is C11H24N2. The average Bonchev–Trinajstić information content (AvgIpc) is 2.15. The zero-order chi connectivity index (χ0) is 10.3. The van der Waals surface area contributed by atoms with Crippen LogP contribution in [0.2, 0.25) is 0 Å². The number of hydrogen-bond donors (Lipinski definition) is 1. The van der Waals surface area contributed by atoms with E-state index in [-0.39, 0.29) is 0 Å². The Balaban J connectivity index is 3.67. The Morgan fingerprint density at radius 2 is 2.00 bits per heavy atom. The summed E-state index contributed by atoms with van der Waals surface area (Å²) in [7, 11) is 2.19. The predicted octanol–water partition coefficient (Wildman–Crippen LogP) is 1.88. The highest BCUT2D eigenvalue weighted by atomic mass is 15.2. The molecule has 2 atom stereocenters. The van der Waals surface area contributed by atoms with Crippen LogP contribution in [-0.2, 0) is 0 Å². The summed E-state index contributed by atoms with van der Waals surface area (Å²) >= 11 is 0. The number of rotatable bonds is 7. The van der Waals surface area contributed by atoms with E-state index in [1.54, 1.807) is 0 Å². The minimum absolute atomic E-state index is 0.592. The lowest BCUT2D eigenvalue weighted by molar-refractivity contribution is 0.189. The molecule has 2 heteroatoms. The van der Waals surface area contributed by atoms with Gasteiger partial charge in [0.25, 0.3) is 0 Å². The van der Waals surface area contributed by atoms with Crippen molar-refractivity contribution in [2.24, 2.45) is 0 Å². The number of likely N-dealkylation sites (N-methyl/N-ethyl adjacent to an activating group) is 1. The van der Waals surface area contributed by atoms with E-state index >= 15 is 0 Å². The van der Waals surface area contributed by atoms with Crippen molar-refractivity contribution in [1.29, 1.82) is 0 Å². The van der Waals surface area contributed by atoms with E-state index in [1.807, 2.05) is 6.08 Å². The second kappa shape index (κ2) is 7.10. The molecule has 0 saturated carbocycles. The minimum atomic E-state index is 0.592. The normalized spacial score (nSPS) is 15.8. The second-order valence-corrected chi connectivity index (χ2v) is 3.72.